The van der Waals surface area contributed by atoms with Crippen molar-refractivity contribution in [3.63, 3.8) is 0 Å². The van der Waals surface area contributed by atoms with E-state index in [0.29, 0.717) is 17.5 Å². The van der Waals surface area contributed by atoms with Crippen LogP contribution in [0.25, 0.3) is 11.3 Å². The van der Waals surface area contributed by atoms with Gasteiger partial charge in [0.2, 0.25) is 0 Å². The first kappa shape index (κ1) is 15.4. The van der Waals surface area contributed by atoms with E-state index in [0.717, 1.165) is 29.9 Å². The highest BCUT2D eigenvalue weighted by Crippen LogP contribution is 2.40. The SMILES string of the molecule is Cc1occc1-c1cc(NC(=O)NC(c2ccccn2)C2CC2)no1. The Morgan fingerprint density at radius 3 is 2.88 bits per heavy atom. The van der Waals surface area contributed by atoms with Crippen LogP contribution in [0.1, 0.15) is 30.3 Å². The second-order valence-corrected chi connectivity index (χ2v) is 6.14. The van der Waals surface area contributed by atoms with Crippen molar-refractivity contribution in [2.45, 2.75) is 25.8 Å². The zero-order valence-electron chi connectivity index (χ0n) is 13.7. The van der Waals surface area contributed by atoms with Crippen molar-refractivity contribution in [1.29, 1.82) is 0 Å². The molecule has 7 heteroatoms. The highest BCUT2D eigenvalue weighted by molar-refractivity contribution is 5.89. The summed E-state index contributed by atoms with van der Waals surface area (Å²) >= 11 is 0. The lowest BCUT2D eigenvalue weighted by Crippen LogP contribution is -2.34. The molecule has 0 aromatic carbocycles. The fourth-order valence-corrected chi connectivity index (χ4v) is 2.82. The second-order valence-electron chi connectivity index (χ2n) is 6.14. The molecule has 0 saturated heterocycles. The molecule has 3 aromatic heterocycles. The fraction of sp³-hybridized carbons (Fsp3) is 0.278. The smallest absolute Gasteiger partial charge is 0.321 e. The number of carbonyl (C=O) groups excluding carboxylic acids is 1. The Kier molecular flexibility index (Phi) is 3.97. The topological polar surface area (TPSA) is 93.2 Å². The van der Waals surface area contributed by atoms with Gasteiger partial charge in [0.15, 0.2) is 11.6 Å². The highest BCUT2D eigenvalue weighted by atomic mass is 16.5. The van der Waals surface area contributed by atoms with Crippen LogP contribution in [-0.4, -0.2) is 16.2 Å². The first-order chi connectivity index (χ1) is 12.2. The van der Waals surface area contributed by atoms with Gasteiger partial charge in [-0.1, -0.05) is 11.2 Å². The van der Waals surface area contributed by atoms with Crippen LogP contribution in [0.4, 0.5) is 10.6 Å². The van der Waals surface area contributed by atoms with E-state index in [4.69, 9.17) is 8.94 Å². The van der Waals surface area contributed by atoms with Crippen LogP contribution in [-0.2, 0) is 0 Å². The summed E-state index contributed by atoms with van der Waals surface area (Å²) in [6.45, 7) is 1.84. The van der Waals surface area contributed by atoms with Crippen molar-refractivity contribution in [2.75, 3.05) is 5.32 Å². The monoisotopic (exact) mass is 338 g/mol. The number of nitrogens with one attached hydrogen (secondary N) is 2. The zero-order valence-corrected chi connectivity index (χ0v) is 13.7. The molecule has 3 aromatic rings. The molecule has 4 rings (SSSR count). The largest absolute Gasteiger partial charge is 0.469 e. The van der Waals surface area contributed by atoms with E-state index >= 15 is 0 Å². The Labute approximate surface area is 144 Å². The number of aromatic nitrogens is 2. The van der Waals surface area contributed by atoms with Gasteiger partial charge in [0.25, 0.3) is 0 Å². The van der Waals surface area contributed by atoms with Gasteiger partial charge in [0.05, 0.1) is 23.6 Å². The van der Waals surface area contributed by atoms with E-state index in [1.807, 2.05) is 25.1 Å². The Hall–Kier alpha value is -3.09. The third kappa shape index (κ3) is 3.40. The van der Waals surface area contributed by atoms with Gasteiger partial charge < -0.3 is 14.3 Å². The second kappa shape index (κ2) is 6.43. The average Bonchev–Trinajstić information content (AvgIpc) is 3.21. The summed E-state index contributed by atoms with van der Waals surface area (Å²) in [5, 5.41) is 9.59. The average molecular weight is 338 g/mol. The van der Waals surface area contributed by atoms with Gasteiger partial charge in [-0.05, 0) is 43.9 Å². The number of nitrogens with zero attached hydrogens (tertiary/aromatic N) is 2. The van der Waals surface area contributed by atoms with Crippen molar-refractivity contribution in [3.05, 3.63) is 54.2 Å². The maximum Gasteiger partial charge on any atom is 0.321 e. The fourth-order valence-electron chi connectivity index (χ4n) is 2.82. The summed E-state index contributed by atoms with van der Waals surface area (Å²) in [4.78, 5) is 16.7. The van der Waals surface area contributed by atoms with Crippen LogP contribution in [0.15, 0.2) is 51.7 Å². The summed E-state index contributed by atoms with van der Waals surface area (Å²) in [5.41, 5.74) is 1.68. The van der Waals surface area contributed by atoms with Crippen LogP contribution < -0.4 is 10.6 Å². The van der Waals surface area contributed by atoms with E-state index in [1.54, 1.807) is 24.6 Å². The van der Waals surface area contributed by atoms with Crippen LogP contribution >= 0.6 is 0 Å². The molecule has 0 radical (unpaired) electrons. The molecule has 3 heterocycles. The molecule has 0 bridgehead atoms. The van der Waals surface area contributed by atoms with Gasteiger partial charge in [-0.25, -0.2) is 4.79 Å². The van der Waals surface area contributed by atoms with Gasteiger partial charge in [-0.15, -0.1) is 0 Å². The normalized spacial score (nSPS) is 14.9. The number of urea groups is 1. The van der Waals surface area contributed by atoms with Crippen LogP contribution in [0, 0.1) is 12.8 Å². The molecule has 1 aliphatic rings. The molecule has 2 amide bonds. The molecular weight excluding hydrogens is 320 g/mol. The van der Waals surface area contributed by atoms with Crippen molar-refractivity contribution in [1.82, 2.24) is 15.5 Å². The molecule has 1 aliphatic carbocycles. The Bertz CT molecular complexity index is 867. The molecule has 1 saturated carbocycles. The standard InChI is InChI=1S/C18H18N4O3/c1-11-13(7-9-24-11)15-10-16(22-25-15)20-18(23)21-17(12-5-6-12)14-4-2-3-8-19-14/h2-4,7-10,12,17H,5-6H2,1H3,(H2,20,21,22,23). The van der Waals surface area contributed by atoms with Crippen molar-refractivity contribution < 1.29 is 13.7 Å². The molecule has 1 atom stereocenters. The molecule has 1 fully saturated rings. The number of amides is 2. The van der Waals surface area contributed by atoms with Gasteiger partial charge in [0.1, 0.15) is 5.76 Å². The number of pyridine rings is 1. The number of furan rings is 1. The minimum atomic E-state index is -0.327. The summed E-state index contributed by atoms with van der Waals surface area (Å²) in [6.07, 6.45) is 5.51. The van der Waals surface area contributed by atoms with E-state index in [1.165, 1.54) is 0 Å². The van der Waals surface area contributed by atoms with Gasteiger partial charge >= 0.3 is 6.03 Å². The number of hydrogen-bond acceptors (Lipinski definition) is 5. The molecular formula is C18H18N4O3. The Balaban J connectivity index is 1.43. The van der Waals surface area contributed by atoms with Crippen molar-refractivity contribution >= 4 is 11.8 Å². The summed E-state index contributed by atoms with van der Waals surface area (Å²) < 4.78 is 10.5. The van der Waals surface area contributed by atoms with E-state index in [2.05, 4.69) is 20.8 Å². The van der Waals surface area contributed by atoms with Crippen molar-refractivity contribution in [3.8, 4) is 11.3 Å². The number of rotatable bonds is 5. The van der Waals surface area contributed by atoms with E-state index in [-0.39, 0.29) is 12.1 Å². The molecule has 0 aliphatic heterocycles. The molecule has 2 N–H and O–H groups in total. The Morgan fingerprint density at radius 1 is 1.32 bits per heavy atom. The highest BCUT2D eigenvalue weighted by Gasteiger charge is 2.34. The van der Waals surface area contributed by atoms with Crippen LogP contribution in [0.5, 0.6) is 0 Å². The number of carbonyl (C=O) groups is 1. The van der Waals surface area contributed by atoms with Crippen LogP contribution in [0.2, 0.25) is 0 Å². The van der Waals surface area contributed by atoms with Crippen LogP contribution in [0.3, 0.4) is 0 Å². The predicted octanol–water partition coefficient (Wildman–Crippen LogP) is 3.91. The number of anilines is 1. The lowest BCUT2D eigenvalue weighted by atomic mass is 10.1. The minimum absolute atomic E-state index is 0.0938. The maximum atomic E-state index is 12.3. The van der Waals surface area contributed by atoms with Gasteiger partial charge in [-0.2, -0.15) is 0 Å². The molecule has 1 unspecified atom stereocenters. The first-order valence-electron chi connectivity index (χ1n) is 8.20. The summed E-state index contributed by atoms with van der Waals surface area (Å²) in [5.74, 6) is 2.06. The summed E-state index contributed by atoms with van der Waals surface area (Å²) in [6, 6.07) is 8.76. The molecule has 25 heavy (non-hydrogen) atoms. The van der Waals surface area contributed by atoms with E-state index < -0.39 is 0 Å². The van der Waals surface area contributed by atoms with Gasteiger partial charge in [0, 0.05) is 12.3 Å². The summed E-state index contributed by atoms with van der Waals surface area (Å²) in [7, 11) is 0. The van der Waals surface area contributed by atoms with E-state index in [9.17, 15) is 4.79 Å². The predicted molar refractivity (Wildman–Crippen MR) is 90.8 cm³/mol. The third-order valence-electron chi connectivity index (χ3n) is 4.26. The third-order valence-corrected chi connectivity index (χ3v) is 4.26. The Morgan fingerprint density at radius 2 is 2.20 bits per heavy atom. The molecule has 7 nitrogen and oxygen atoms in total. The molecule has 0 spiro atoms. The molecule has 128 valence electrons. The number of hydrogen-bond donors (Lipinski definition) is 2. The number of aryl methyl sites for hydroxylation is 1. The lowest BCUT2D eigenvalue weighted by molar-refractivity contribution is 0.246. The van der Waals surface area contributed by atoms with Gasteiger partial charge in [-0.3, -0.25) is 10.3 Å². The van der Waals surface area contributed by atoms with Crippen molar-refractivity contribution in [2.24, 2.45) is 5.92 Å². The maximum absolute atomic E-state index is 12.3. The lowest BCUT2D eigenvalue weighted by Gasteiger charge is -2.17. The minimum Gasteiger partial charge on any atom is -0.469 e. The quantitative estimate of drug-likeness (QED) is 0.735. The zero-order chi connectivity index (χ0) is 17.2. The first-order valence-corrected chi connectivity index (χ1v) is 8.20.